The summed E-state index contributed by atoms with van der Waals surface area (Å²) in [4.78, 5) is 6.78. The minimum atomic E-state index is -0.536. The molecule has 1 unspecified atom stereocenters. The second kappa shape index (κ2) is 10.8. The van der Waals surface area contributed by atoms with Crippen molar-refractivity contribution >= 4 is 0 Å². The van der Waals surface area contributed by atoms with Crippen molar-refractivity contribution in [2.45, 2.75) is 26.1 Å². The van der Waals surface area contributed by atoms with Crippen molar-refractivity contribution in [3.63, 3.8) is 0 Å². The highest BCUT2D eigenvalue weighted by Gasteiger charge is 2.18. The van der Waals surface area contributed by atoms with Gasteiger partial charge in [0.05, 0.1) is 13.7 Å². The molecule has 2 aromatic rings. The first-order valence-corrected chi connectivity index (χ1v) is 10.6. The first kappa shape index (κ1) is 22.6. The van der Waals surface area contributed by atoms with Crippen molar-refractivity contribution in [2.24, 2.45) is 0 Å². The lowest BCUT2D eigenvalue weighted by Crippen LogP contribution is -2.47. The Bertz CT molecular complexity index is 787. The molecule has 3 rings (SSSR count). The molecule has 0 saturated carbocycles. The van der Waals surface area contributed by atoms with Crippen LogP contribution in [0.2, 0.25) is 0 Å². The number of piperazine rings is 1. The molecule has 1 aliphatic heterocycles. The fourth-order valence-electron chi connectivity index (χ4n) is 3.70. The SMILES string of the molecule is COc1ccc(CN(C)Cc2ccc(C)o2)cc1OCC(O)CN1CCN(C)CC1. The summed E-state index contributed by atoms with van der Waals surface area (Å²) < 4.78 is 17.1. The molecule has 7 heteroatoms. The maximum Gasteiger partial charge on any atom is 0.161 e. The summed E-state index contributed by atoms with van der Waals surface area (Å²) in [7, 11) is 5.82. The number of nitrogens with zero attached hydrogens (tertiary/aromatic N) is 3. The first-order valence-electron chi connectivity index (χ1n) is 10.6. The molecular weight excluding hydrogens is 382 g/mol. The number of furan rings is 1. The molecule has 1 N–H and O–H groups in total. The molecule has 1 saturated heterocycles. The Kier molecular flexibility index (Phi) is 8.16. The fraction of sp³-hybridized carbons (Fsp3) is 0.565. The molecule has 0 radical (unpaired) electrons. The Morgan fingerprint density at radius 1 is 1.10 bits per heavy atom. The van der Waals surface area contributed by atoms with Crippen LogP contribution in [-0.2, 0) is 13.1 Å². The lowest BCUT2D eigenvalue weighted by molar-refractivity contribution is 0.0497. The van der Waals surface area contributed by atoms with Gasteiger partial charge in [0.15, 0.2) is 11.5 Å². The molecule has 2 heterocycles. The van der Waals surface area contributed by atoms with E-state index in [0.29, 0.717) is 18.0 Å². The zero-order valence-electron chi connectivity index (χ0n) is 18.6. The van der Waals surface area contributed by atoms with Gasteiger partial charge in [0.25, 0.3) is 0 Å². The van der Waals surface area contributed by atoms with E-state index in [9.17, 15) is 5.11 Å². The van der Waals surface area contributed by atoms with Gasteiger partial charge < -0.3 is 23.9 Å². The zero-order valence-corrected chi connectivity index (χ0v) is 18.6. The van der Waals surface area contributed by atoms with Gasteiger partial charge in [-0.25, -0.2) is 0 Å². The number of aryl methyl sites for hydroxylation is 1. The number of ether oxygens (including phenoxy) is 2. The molecule has 0 spiro atoms. The summed E-state index contributed by atoms with van der Waals surface area (Å²) in [5, 5.41) is 10.4. The van der Waals surface area contributed by atoms with E-state index in [1.54, 1.807) is 7.11 Å². The minimum absolute atomic E-state index is 0.244. The number of β-amino-alcohol motifs (C(OH)–C–C–N with tert-alkyl or cyclic N) is 1. The largest absolute Gasteiger partial charge is 0.493 e. The van der Waals surface area contributed by atoms with E-state index in [1.807, 2.05) is 37.3 Å². The van der Waals surface area contributed by atoms with Gasteiger partial charge in [-0.1, -0.05) is 6.07 Å². The van der Waals surface area contributed by atoms with E-state index in [4.69, 9.17) is 13.9 Å². The number of rotatable bonds is 10. The zero-order chi connectivity index (χ0) is 21.5. The predicted octanol–water partition coefficient (Wildman–Crippen LogP) is 2.22. The molecule has 1 aliphatic rings. The van der Waals surface area contributed by atoms with Crippen LogP contribution in [0.3, 0.4) is 0 Å². The number of benzene rings is 1. The molecule has 30 heavy (non-hydrogen) atoms. The summed E-state index contributed by atoms with van der Waals surface area (Å²) in [6, 6.07) is 9.94. The lowest BCUT2D eigenvalue weighted by Gasteiger charge is -2.33. The van der Waals surface area contributed by atoms with E-state index in [2.05, 4.69) is 28.8 Å². The van der Waals surface area contributed by atoms with Gasteiger partial charge in [0.1, 0.15) is 24.2 Å². The third-order valence-electron chi connectivity index (χ3n) is 5.40. The highest BCUT2D eigenvalue weighted by Crippen LogP contribution is 2.29. The van der Waals surface area contributed by atoms with Crippen molar-refractivity contribution < 1.29 is 19.0 Å². The molecule has 1 aromatic carbocycles. The van der Waals surface area contributed by atoms with E-state index in [-0.39, 0.29) is 6.61 Å². The van der Waals surface area contributed by atoms with Crippen LogP contribution in [0.1, 0.15) is 17.1 Å². The molecule has 1 fully saturated rings. The van der Waals surface area contributed by atoms with Gasteiger partial charge in [-0.2, -0.15) is 0 Å². The number of likely N-dealkylation sites (N-methyl/N-ethyl adjacent to an activating group) is 1. The quantitative estimate of drug-likeness (QED) is 0.636. The number of hydrogen-bond acceptors (Lipinski definition) is 7. The van der Waals surface area contributed by atoms with Gasteiger partial charge in [0, 0.05) is 39.3 Å². The van der Waals surface area contributed by atoms with Crippen LogP contribution in [0.25, 0.3) is 0 Å². The number of aliphatic hydroxyl groups is 1. The minimum Gasteiger partial charge on any atom is -0.493 e. The Balaban J connectivity index is 1.53. The van der Waals surface area contributed by atoms with E-state index >= 15 is 0 Å². The third kappa shape index (κ3) is 6.74. The van der Waals surface area contributed by atoms with Crippen LogP contribution in [0, 0.1) is 6.92 Å². The summed E-state index contributed by atoms with van der Waals surface area (Å²) in [6.45, 7) is 8.35. The average Bonchev–Trinajstić information content (AvgIpc) is 3.12. The first-order chi connectivity index (χ1) is 14.4. The molecular formula is C23H35N3O4. The fourth-order valence-corrected chi connectivity index (χ4v) is 3.70. The Labute approximate surface area is 179 Å². The van der Waals surface area contributed by atoms with Gasteiger partial charge in [-0.05, 0) is 50.8 Å². The lowest BCUT2D eigenvalue weighted by atomic mass is 10.2. The van der Waals surface area contributed by atoms with Crippen molar-refractivity contribution in [1.29, 1.82) is 0 Å². The summed E-state index contributed by atoms with van der Waals surface area (Å²) in [5.74, 6) is 3.21. The molecule has 166 valence electrons. The van der Waals surface area contributed by atoms with Gasteiger partial charge in [0.2, 0.25) is 0 Å². The smallest absolute Gasteiger partial charge is 0.161 e. The average molecular weight is 418 g/mol. The monoisotopic (exact) mass is 417 g/mol. The number of hydrogen-bond donors (Lipinski definition) is 1. The molecule has 1 atom stereocenters. The molecule has 0 amide bonds. The highest BCUT2D eigenvalue weighted by molar-refractivity contribution is 5.43. The number of methoxy groups -OCH3 is 1. The van der Waals surface area contributed by atoms with Crippen LogP contribution in [-0.4, -0.2) is 86.4 Å². The standard InChI is InChI=1S/C23H35N3O4/c1-18-5-7-21(30-18)16-25(3)14-19-6-8-22(28-4)23(13-19)29-17-20(27)15-26-11-9-24(2)10-12-26/h5-8,13,20,27H,9-12,14-17H2,1-4H3. The third-order valence-corrected chi connectivity index (χ3v) is 5.40. The van der Waals surface area contributed by atoms with Crippen LogP contribution in [0.4, 0.5) is 0 Å². The van der Waals surface area contributed by atoms with Crippen molar-refractivity contribution in [2.75, 3.05) is 60.5 Å². The summed E-state index contributed by atoms with van der Waals surface area (Å²) in [6.07, 6.45) is -0.536. The van der Waals surface area contributed by atoms with E-state index in [0.717, 1.165) is 56.4 Å². The molecule has 0 aliphatic carbocycles. The summed E-state index contributed by atoms with van der Waals surface area (Å²) >= 11 is 0. The second-order valence-electron chi connectivity index (χ2n) is 8.24. The van der Waals surface area contributed by atoms with Crippen LogP contribution >= 0.6 is 0 Å². The van der Waals surface area contributed by atoms with Gasteiger partial charge in [-0.3, -0.25) is 9.80 Å². The van der Waals surface area contributed by atoms with Gasteiger partial charge >= 0.3 is 0 Å². The van der Waals surface area contributed by atoms with Crippen molar-refractivity contribution in [3.8, 4) is 11.5 Å². The van der Waals surface area contributed by atoms with E-state index < -0.39 is 6.10 Å². The normalized spacial score (nSPS) is 16.7. The number of aliphatic hydroxyl groups excluding tert-OH is 1. The second-order valence-corrected chi connectivity index (χ2v) is 8.24. The maximum absolute atomic E-state index is 10.4. The molecule has 0 bridgehead atoms. The Hall–Kier alpha value is -2.06. The Morgan fingerprint density at radius 2 is 1.87 bits per heavy atom. The van der Waals surface area contributed by atoms with Crippen LogP contribution in [0.5, 0.6) is 11.5 Å². The molecule has 7 nitrogen and oxygen atoms in total. The van der Waals surface area contributed by atoms with E-state index in [1.165, 1.54) is 0 Å². The van der Waals surface area contributed by atoms with Crippen LogP contribution < -0.4 is 9.47 Å². The topological polar surface area (TPSA) is 61.6 Å². The van der Waals surface area contributed by atoms with Crippen molar-refractivity contribution in [3.05, 3.63) is 47.4 Å². The predicted molar refractivity (Wildman–Crippen MR) is 117 cm³/mol. The summed E-state index contributed by atoms with van der Waals surface area (Å²) in [5.41, 5.74) is 1.12. The Morgan fingerprint density at radius 3 is 2.53 bits per heavy atom. The van der Waals surface area contributed by atoms with Gasteiger partial charge in [-0.15, -0.1) is 0 Å². The van der Waals surface area contributed by atoms with Crippen molar-refractivity contribution in [1.82, 2.24) is 14.7 Å². The highest BCUT2D eigenvalue weighted by atomic mass is 16.5. The maximum atomic E-state index is 10.4. The molecule has 1 aromatic heterocycles. The van der Waals surface area contributed by atoms with Crippen LogP contribution in [0.15, 0.2) is 34.7 Å².